The van der Waals surface area contributed by atoms with Gasteiger partial charge in [-0.05, 0) is 32.6 Å². The number of carbonyl (C=O) groups excluding carboxylic acids is 1. The topological polar surface area (TPSA) is 55.2 Å². The normalized spacial score (nSPS) is 14.9. The highest BCUT2D eigenvalue weighted by Gasteiger charge is 2.13. The highest BCUT2D eigenvalue weighted by Crippen LogP contribution is 2.16. The second-order valence-corrected chi connectivity index (χ2v) is 5.13. The second-order valence-electron chi connectivity index (χ2n) is 5.13. The number of aryl methyl sites for hydroxylation is 1. The lowest BCUT2D eigenvalue weighted by atomic mass is 10.2. The Labute approximate surface area is 113 Å². The molecule has 5 heteroatoms. The van der Waals surface area contributed by atoms with E-state index in [0.717, 1.165) is 31.6 Å². The SMILES string of the molecule is CC(=O)CCCCn1ncc(N2CCCC2)cc1=O. The van der Waals surface area contributed by atoms with Gasteiger partial charge in [-0.1, -0.05) is 0 Å². The number of ketones is 1. The number of Topliss-reactive ketones (excluding diaryl/α,β-unsaturated/α-hetero) is 1. The molecule has 1 fully saturated rings. The van der Waals surface area contributed by atoms with Crippen molar-refractivity contribution in [2.75, 3.05) is 18.0 Å². The van der Waals surface area contributed by atoms with Gasteiger partial charge in [-0.3, -0.25) is 4.79 Å². The molecule has 2 rings (SSSR count). The van der Waals surface area contributed by atoms with E-state index in [4.69, 9.17) is 0 Å². The molecule has 0 aliphatic carbocycles. The number of unbranched alkanes of at least 4 members (excludes halogenated alkanes) is 1. The fourth-order valence-electron chi connectivity index (χ4n) is 2.38. The number of rotatable bonds is 6. The maximum Gasteiger partial charge on any atom is 0.268 e. The van der Waals surface area contributed by atoms with Gasteiger partial charge in [-0.15, -0.1) is 0 Å². The van der Waals surface area contributed by atoms with Gasteiger partial charge in [0.2, 0.25) is 0 Å². The number of aromatic nitrogens is 2. The summed E-state index contributed by atoms with van der Waals surface area (Å²) in [6.45, 7) is 4.22. The van der Waals surface area contributed by atoms with Crippen LogP contribution in [0.2, 0.25) is 0 Å². The van der Waals surface area contributed by atoms with Crippen LogP contribution < -0.4 is 10.5 Å². The molecule has 104 valence electrons. The van der Waals surface area contributed by atoms with Crippen LogP contribution in [0.3, 0.4) is 0 Å². The molecule has 0 spiro atoms. The fraction of sp³-hybridized carbons (Fsp3) is 0.643. The minimum absolute atomic E-state index is 0.0489. The zero-order valence-electron chi connectivity index (χ0n) is 11.5. The molecule has 1 aromatic heterocycles. The van der Waals surface area contributed by atoms with E-state index in [1.54, 1.807) is 19.2 Å². The molecule has 0 radical (unpaired) electrons. The van der Waals surface area contributed by atoms with Crippen molar-refractivity contribution >= 4 is 11.5 Å². The third kappa shape index (κ3) is 3.91. The number of hydrogen-bond acceptors (Lipinski definition) is 4. The summed E-state index contributed by atoms with van der Waals surface area (Å²) < 4.78 is 1.49. The standard InChI is InChI=1S/C14H21N3O2/c1-12(18)6-2-3-9-17-14(19)10-13(11-15-17)16-7-4-5-8-16/h10-11H,2-9H2,1H3. The third-order valence-electron chi connectivity index (χ3n) is 3.48. The van der Waals surface area contributed by atoms with Gasteiger partial charge < -0.3 is 9.69 Å². The van der Waals surface area contributed by atoms with Crippen LogP contribution in [0, 0.1) is 0 Å². The smallest absolute Gasteiger partial charge is 0.268 e. The van der Waals surface area contributed by atoms with Crippen molar-refractivity contribution < 1.29 is 4.79 Å². The third-order valence-corrected chi connectivity index (χ3v) is 3.48. The summed E-state index contributed by atoms with van der Waals surface area (Å²) in [6, 6.07) is 1.67. The Morgan fingerprint density at radius 3 is 2.68 bits per heavy atom. The molecule has 0 N–H and O–H groups in total. The first-order chi connectivity index (χ1) is 9.16. The van der Waals surface area contributed by atoms with Crippen LogP contribution >= 0.6 is 0 Å². The lowest BCUT2D eigenvalue weighted by molar-refractivity contribution is -0.117. The molecule has 1 aliphatic rings. The maximum atomic E-state index is 11.9. The summed E-state index contributed by atoms with van der Waals surface area (Å²) in [7, 11) is 0. The van der Waals surface area contributed by atoms with E-state index < -0.39 is 0 Å². The molecular weight excluding hydrogens is 242 g/mol. The van der Waals surface area contributed by atoms with E-state index in [9.17, 15) is 9.59 Å². The molecule has 0 unspecified atom stereocenters. The van der Waals surface area contributed by atoms with Crippen molar-refractivity contribution in [2.45, 2.75) is 45.6 Å². The van der Waals surface area contributed by atoms with Crippen LogP contribution in [0.25, 0.3) is 0 Å². The Morgan fingerprint density at radius 2 is 2.05 bits per heavy atom. The second kappa shape index (κ2) is 6.50. The summed E-state index contributed by atoms with van der Waals surface area (Å²) in [5, 5.41) is 4.22. The Bertz CT molecular complexity index is 490. The van der Waals surface area contributed by atoms with Gasteiger partial charge in [0.05, 0.1) is 11.9 Å². The lowest BCUT2D eigenvalue weighted by Crippen LogP contribution is -2.26. The molecule has 1 aromatic rings. The summed E-state index contributed by atoms with van der Waals surface area (Å²) in [5.74, 6) is 0.199. The minimum atomic E-state index is -0.0489. The van der Waals surface area contributed by atoms with Gasteiger partial charge in [-0.25, -0.2) is 4.68 Å². The van der Waals surface area contributed by atoms with Gasteiger partial charge in [0.1, 0.15) is 5.78 Å². The molecule has 2 heterocycles. The highest BCUT2D eigenvalue weighted by molar-refractivity contribution is 5.75. The predicted molar refractivity (Wildman–Crippen MR) is 74.5 cm³/mol. The van der Waals surface area contributed by atoms with Gasteiger partial charge in [0.25, 0.3) is 5.56 Å². The Morgan fingerprint density at radius 1 is 1.32 bits per heavy atom. The van der Waals surface area contributed by atoms with Crippen molar-refractivity contribution in [3.63, 3.8) is 0 Å². The van der Waals surface area contributed by atoms with E-state index in [-0.39, 0.29) is 11.3 Å². The van der Waals surface area contributed by atoms with Crippen molar-refractivity contribution in [3.05, 3.63) is 22.6 Å². The first-order valence-electron chi connectivity index (χ1n) is 6.98. The van der Waals surface area contributed by atoms with Crippen molar-refractivity contribution in [2.24, 2.45) is 0 Å². The zero-order valence-corrected chi connectivity index (χ0v) is 11.5. The van der Waals surface area contributed by atoms with E-state index in [0.29, 0.717) is 13.0 Å². The Balaban J connectivity index is 1.91. The molecule has 19 heavy (non-hydrogen) atoms. The predicted octanol–water partition coefficient (Wildman–Crippen LogP) is 1.60. The van der Waals surface area contributed by atoms with Gasteiger partial charge >= 0.3 is 0 Å². The van der Waals surface area contributed by atoms with Crippen molar-refractivity contribution in [1.29, 1.82) is 0 Å². The molecule has 0 atom stereocenters. The molecule has 1 saturated heterocycles. The Kier molecular flexibility index (Phi) is 4.71. The summed E-state index contributed by atoms with van der Waals surface area (Å²) >= 11 is 0. The zero-order chi connectivity index (χ0) is 13.7. The number of carbonyl (C=O) groups is 1. The van der Waals surface area contributed by atoms with Crippen LogP contribution in [0.1, 0.15) is 39.0 Å². The van der Waals surface area contributed by atoms with Crippen LogP contribution in [0.15, 0.2) is 17.1 Å². The minimum Gasteiger partial charge on any atom is -0.370 e. The van der Waals surface area contributed by atoms with E-state index in [1.165, 1.54) is 17.5 Å². The number of hydrogen-bond donors (Lipinski definition) is 0. The van der Waals surface area contributed by atoms with Crippen LogP contribution in [-0.2, 0) is 11.3 Å². The lowest BCUT2D eigenvalue weighted by Gasteiger charge is -2.17. The van der Waals surface area contributed by atoms with Crippen LogP contribution in [0.5, 0.6) is 0 Å². The molecule has 0 amide bonds. The number of nitrogens with zero attached hydrogens (tertiary/aromatic N) is 3. The van der Waals surface area contributed by atoms with Crippen molar-refractivity contribution in [3.8, 4) is 0 Å². The molecular formula is C14H21N3O2. The van der Waals surface area contributed by atoms with Gasteiger partial charge in [0, 0.05) is 32.1 Å². The summed E-state index contributed by atoms with van der Waals surface area (Å²) in [5.41, 5.74) is 0.884. The molecule has 0 saturated carbocycles. The van der Waals surface area contributed by atoms with E-state index in [2.05, 4.69) is 10.00 Å². The molecule has 0 bridgehead atoms. The van der Waals surface area contributed by atoms with E-state index >= 15 is 0 Å². The molecule has 1 aliphatic heterocycles. The number of anilines is 1. The highest BCUT2D eigenvalue weighted by atomic mass is 16.1. The van der Waals surface area contributed by atoms with Gasteiger partial charge in [-0.2, -0.15) is 5.10 Å². The fourth-order valence-corrected chi connectivity index (χ4v) is 2.38. The average Bonchev–Trinajstić information content (AvgIpc) is 2.89. The molecule has 5 nitrogen and oxygen atoms in total. The van der Waals surface area contributed by atoms with Gasteiger partial charge in [0.15, 0.2) is 0 Å². The van der Waals surface area contributed by atoms with Crippen LogP contribution in [-0.4, -0.2) is 28.7 Å². The monoisotopic (exact) mass is 263 g/mol. The molecule has 0 aromatic carbocycles. The van der Waals surface area contributed by atoms with Crippen molar-refractivity contribution in [1.82, 2.24) is 9.78 Å². The largest absolute Gasteiger partial charge is 0.370 e. The van der Waals surface area contributed by atoms with E-state index in [1.807, 2.05) is 0 Å². The average molecular weight is 263 g/mol. The maximum absolute atomic E-state index is 11.9. The first kappa shape index (κ1) is 13.8. The quantitative estimate of drug-likeness (QED) is 0.732. The Hall–Kier alpha value is -1.65. The summed E-state index contributed by atoms with van der Waals surface area (Å²) in [6.07, 6.45) is 6.37. The van der Waals surface area contributed by atoms with Crippen LogP contribution in [0.4, 0.5) is 5.69 Å². The first-order valence-corrected chi connectivity index (χ1v) is 6.98. The summed E-state index contributed by atoms with van der Waals surface area (Å²) in [4.78, 5) is 25.0.